The van der Waals surface area contributed by atoms with Gasteiger partial charge < -0.3 is 30.7 Å². The van der Waals surface area contributed by atoms with Crippen LogP contribution >= 0.6 is 0 Å². The highest BCUT2D eigenvalue weighted by Gasteiger charge is 2.52. The first kappa shape index (κ1) is 20.1. The molecule has 0 radical (unpaired) electrons. The Balaban J connectivity index is 0.000000758. The third kappa shape index (κ3) is 4.12. The van der Waals surface area contributed by atoms with Crippen LogP contribution in [-0.4, -0.2) is 69.7 Å². The maximum atomic E-state index is 11.1. The van der Waals surface area contributed by atoms with Gasteiger partial charge in [0, 0.05) is 25.7 Å². The molecular formula is C17H25N3O6. The Morgan fingerprint density at radius 3 is 2.50 bits per heavy atom. The van der Waals surface area contributed by atoms with Gasteiger partial charge in [-0.15, -0.1) is 0 Å². The predicted octanol–water partition coefficient (Wildman–Crippen LogP) is -0.247. The Hall–Kier alpha value is -2.23. The van der Waals surface area contributed by atoms with E-state index in [4.69, 9.17) is 20.4 Å². The van der Waals surface area contributed by atoms with Gasteiger partial charge in [-0.25, -0.2) is 4.98 Å². The fourth-order valence-corrected chi connectivity index (χ4v) is 3.49. The van der Waals surface area contributed by atoms with Crippen molar-refractivity contribution in [2.75, 3.05) is 24.6 Å². The number of aliphatic hydroxyl groups is 2. The fourth-order valence-electron chi connectivity index (χ4n) is 3.49. The summed E-state index contributed by atoms with van der Waals surface area (Å²) >= 11 is 0. The van der Waals surface area contributed by atoms with Gasteiger partial charge >= 0.3 is 0 Å². The van der Waals surface area contributed by atoms with E-state index in [1.165, 1.54) is 6.20 Å². The molecule has 3 rings (SSSR count). The number of pyridine rings is 1. The van der Waals surface area contributed by atoms with Crippen LogP contribution in [-0.2, 0) is 9.53 Å². The number of aromatic nitrogens is 1. The molecule has 1 amide bonds. The Morgan fingerprint density at radius 2 is 2.00 bits per heavy atom. The highest BCUT2D eigenvalue weighted by Crippen LogP contribution is 2.40. The van der Waals surface area contributed by atoms with E-state index in [0.29, 0.717) is 44.5 Å². The van der Waals surface area contributed by atoms with Crippen molar-refractivity contribution in [3.05, 3.63) is 23.9 Å². The van der Waals surface area contributed by atoms with E-state index in [9.17, 15) is 15.0 Å². The maximum Gasteiger partial charge on any atom is 0.290 e. The van der Waals surface area contributed by atoms with Crippen molar-refractivity contribution in [2.24, 2.45) is 5.73 Å². The number of hydrogen-bond acceptors (Lipinski definition) is 7. The summed E-state index contributed by atoms with van der Waals surface area (Å²) in [6.07, 6.45) is 2.25. The van der Waals surface area contributed by atoms with Gasteiger partial charge in [-0.2, -0.15) is 0 Å². The monoisotopic (exact) mass is 367 g/mol. The van der Waals surface area contributed by atoms with Gasteiger partial charge in [-0.05, 0) is 31.9 Å². The molecule has 1 aromatic rings. The molecule has 3 heterocycles. The summed E-state index contributed by atoms with van der Waals surface area (Å²) in [4.78, 5) is 25.8. The molecule has 2 aliphatic rings. The molecule has 2 fully saturated rings. The van der Waals surface area contributed by atoms with Gasteiger partial charge in [0.25, 0.3) is 6.47 Å². The summed E-state index contributed by atoms with van der Waals surface area (Å²) in [6.45, 7) is 3.19. The van der Waals surface area contributed by atoms with Gasteiger partial charge in [-0.3, -0.25) is 9.59 Å². The van der Waals surface area contributed by atoms with Crippen molar-refractivity contribution in [1.29, 1.82) is 0 Å². The lowest BCUT2D eigenvalue weighted by Crippen LogP contribution is -2.64. The lowest BCUT2D eigenvalue weighted by Gasteiger charge is -2.51. The van der Waals surface area contributed by atoms with Crippen LogP contribution < -0.4 is 10.6 Å². The van der Waals surface area contributed by atoms with E-state index in [0.717, 1.165) is 5.82 Å². The van der Waals surface area contributed by atoms with E-state index in [1.54, 1.807) is 19.1 Å². The van der Waals surface area contributed by atoms with Crippen LogP contribution in [0.25, 0.3) is 0 Å². The molecule has 0 saturated carbocycles. The second-order valence-corrected chi connectivity index (χ2v) is 6.78. The smallest absolute Gasteiger partial charge is 0.290 e. The summed E-state index contributed by atoms with van der Waals surface area (Å²) in [5.74, 6) is 0.268. The van der Waals surface area contributed by atoms with Crippen LogP contribution in [0, 0.1) is 0 Å². The van der Waals surface area contributed by atoms with Gasteiger partial charge in [0.1, 0.15) is 17.5 Å². The number of hydrogen-bond donors (Lipinski definition) is 4. The molecule has 9 heteroatoms. The molecule has 0 aliphatic carbocycles. The minimum absolute atomic E-state index is 0.250. The Labute approximate surface area is 151 Å². The van der Waals surface area contributed by atoms with E-state index in [1.807, 2.05) is 0 Å². The number of primary amides is 1. The van der Waals surface area contributed by atoms with Gasteiger partial charge in [-0.1, -0.05) is 0 Å². The first-order chi connectivity index (χ1) is 12.3. The van der Waals surface area contributed by atoms with E-state index < -0.39 is 23.2 Å². The SMILES string of the molecule is C[C@@]1(O)CCOC2(CCN(c3ccc(C(N)=O)cn3)CC2)[C@H]1O.O=CO. The second kappa shape index (κ2) is 7.98. The molecule has 2 aliphatic heterocycles. The highest BCUT2D eigenvalue weighted by molar-refractivity contribution is 5.92. The highest BCUT2D eigenvalue weighted by atomic mass is 16.5. The van der Waals surface area contributed by atoms with Crippen molar-refractivity contribution >= 4 is 18.2 Å². The topological polar surface area (TPSA) is 146 Å². The van der Waals surface area contributed by atoms with E-state index >= 15 is 0 Å². The van der Waals surface area contributed by atoms with Crippen LogP contribution in [0.3, 0.4) is 0 Å². The van der Waals surface area contributed by atoms with Gasteiger partial charge in [0.05, 0.1) is 17.8 Å². The number of anilines is 1. The average Bonchev–Trinajstić information content (AvgIpc) is 2.61. The predicted molar refractivity (Wildman–Crippen MR) is 92.8 cm³/mol. The number of carbonyl (C=O) groups is 2. The lowest BCUT2D eigenvalue weighted by molar-refractivity contribution is -0.239. The number of aliphatic hydroxyl groups excluding tert-OH is 1. The molecule has 5 N–H and O–H groups in total. The van der Waals surface area contributed by atoms with Crippen molar-refractivity contribution in [2.45, 2.75) is 43.5 Å². The average molecular weight is 367 g/mol. The fraction of sp³-hybridized carbons (Fsp3) is 0.588. The number of amides is 1. The normalized spacial score (nSPS) is 27.3. The number of piperidine rings is 1. The van der Waals surface area contributed by atoms with Crippen molar-refractivity contribution in [3.63, 3.8) is 0 Å². The van der Waals surface area contributed by atoms with Crippen LogP contribution in [0.2, 0.25) is 0 Å². The third-order valence-electron chi connectivity index (χ3n) is 5.05. The standard InChI is InChI=1S/C16H23N3O4.CH2O2/c1-15(22)6-9-23-16(14(15)21)4-7-19(8-5-16)12-3-2-11(10-18-12)13(17)20;2-1-3/h2-3,10,14,21-22H,4-9H2,1H3,(H2,17,20);1H,(H,2,3)/t14-,15+;/m0./s1. The molecule has 0 aromatic carbocycles. The molecule has 2 saturated heterocycles. The van der Waals surface area contributed by atoms with E-state index in [-0.39, 0.29) is 6.47 Å². The van der Waals surface area contributed by atoms with Crippen LogP contribution in [0.5, 0.6) is 0 Å². The first-order valence-electron chi connectivity index (χ1n) is 8.39. The minimum Gasteiger partial charge on any atom is -0.483 e. The summed E-state index contributed by atoms with van der Waals surface area (Å²) in [6, 6.07) is 3.43. The van der Waals surface area contributed by atoms with Crippen molar-refractivity contribution in [1.82, 2.24) is 4.98 Å². The molecule has 9 nitrogen and oxygen atoms in total. The Bertz CT molecular complexity index is 626. The van der Waals surface area contributed by atoms with Crippen LogP contribution in [0.15, 0.2) is 18.3 Å². The van der Waals surface area contributed by atoms with Crippen LogP contribution in [0.4, 0.5) is 5.82 Å². The number of rotatable bonds is 2. The van der Waals surface area contributed by atoms with Gasteiger partial charge in [0.15, 0.2) is 0 Å². The first-order valence-corrected chi connectivity index (χ1v) is 8.39. The number of carboxylic acid groups (broad SMARTS) is 1. The quantitative estimate of drug-likeness (QED) is 0.524. The number of nitrogens with two attached hydrogens (primary N) is 1. The van der Waals surface area contributed by atoms with Crippen molar-refractivity contribution < 1.29 is 29.6 Å². The maximum absolute atomic E-state index is 11.1. The molecule has 1 aromatic heterocycles. The summed E-state index contributed by atoms with van der Waals surface area (Å²) in [5, 5.41) is 27.7. The third-order valence-corrected chi connectivity index (χ3v) is 5.05. The lowest BCUT2D eigenvalue weighted by atomic mass is 9.75. The zero-order valence-electron chi connectivity index (χ0n) is 14.7. The van der Waals surface area contributed by atoms with Crippen LogP contribution in [0.1, 0.15) is 36.5 Å². The number of ether oxygens (including phenoxy) is 1. The Morgan fingerprint density at radius 1 is 1.38 bits per heavy atom. The molecule has 2 atom stereocenters. The van der Waals surface area contributed by atoms with E-state index in [2.05, 4.69) is 9.88 Å². The largest absolute Gasteiger partial charge is 0.483 e. The number of nitrogens with zero attached hydrogens (tertiary/aromatic N) is 2. The molecule has 0 bridgehead atoms. The zero-order valence-corrected chi connectivity index (χ0v) is 14.7. The summed E-state index contributed by atoms with van der Waals surface area (Å²) in [7, 11) is 0. The molecule has 144 valence electrons. The molecular weight excluding hydrogens is 342 g/mol. The summed E-state index contributed by atoms with van der Waals surface area (Å²) in [5.41, 5.74) is 3.80. The number of carbonyl (C=O) groups excluding carboxylic acids is 1. The minimum atomic E-state index is -1.11. The second-order valence-electron chi connectivity index (χ2n) is 6.78. The molecule has 0 unspecified atom stereocenters. The van der Waals surface area contributed by atoms with Crippen molar-refractivity contribution in [3.8, 4) is 0 Å². The van der Waals surface area contributed by atoms with Gasteiger partial charge in [0.2, 0.25) is 5.91 Å². The molecule has 26 heavy (non-hydrogen) atoms. The molecule has 1 spiro atoms. The Kier molecular flexibility index (Phi) is 6.17. The zero-order chi connectivity index (χ0) is 19.4. The summed E-state index contributed by atoms with van der Waals surface area (Å²) < 4.78 is 5.87.